The number of hydrogen-bond donors (Lipinski definition) is 2. The third-order valence-corrected chi connectivity index (χ3v) is 2.34. The summed E-state index contributed by atoms with van der Waals surface area (Å²) in [5.74, 6) is -3.32. The van der Waals surface area contributed by atoms with Crippen molar-refractivity contribution in [2.45, 2.75) is 0 Å². The summed E-state index contributed by atoms with van der Waals surface area (Å²) < 4.78 is 19.1. The molecule has 0 bridgehead atoms. The van der Waals surface area contributed by atoms with Crippen molar-refractivity contribution in [3.05, 3.63) is 9.66 Å². The average Bonchev–Trinajstić information content (AvgIpc) is 1.81. The van der Waals surface area contributed by atoms with Gasteiger partial charge in [0.15, 0.2) is 3.58 Å². The third kappa shape index (κ3) is 3.65. The molecule has 0 aliphatic heterocycles. The molecule has 11 heavy (non-hydrogen) atoms. The minimum absolute atomic E-state index is 0.160. The summed E-state index contributed by atoms with van der Waals surface area (Å²) in [5, 5.41) is 16.1. The van der Waals surface area contributed by atoms with E-state index in [1.807, 2.05) is 0 Å². The average molecular weight is 274 g/mol. The van der Waals surface area contributed by atoms with E-state index in [4.69, 9.17) is 10.2 Å². The van der Waals surface area contributed by atoms with Crippen molar-refractivity contribution in [1.82, 2.24) is 0 Å². The van der Waals surface area contributed by atoms with Gasteiger partial charge in [-0.05, 0) is 0 Å². The van der Waals surface area contributed by atoms with Crippen LogP contribution in [0, 0.1) is 0 Å². The maximum atomic E-state index is 10.1. The summed E-state index contributed by atoms with van der Waals surface area (Å²) in [6, 6.07) is 0. The summed E-state index contributed by atoms with van der Waals surface area (Å²) in [4.78, 5) is 19.8. The smallest absolute Gasteiger partial charge is 0.348 e. The van der Waals surface area contributed by atoms with Crippen LogP contribution in [0.15, 0.2) is 9.66 Å². The first-order valence-corrected chi connectivity index (χ1v) is 5.02. The Morgan fingerprint density at radius 3 is 1.73 bits per heavy atom. The van der Waals surface area contributed by atoms with Crippen molar-refractivity contribution in [2.75, 3.05) is 0 Å². The summed E-state index contributed by atoms with van der Waals surface area (Å²) in [6.07, 6.45) is 0.160. The van der Waals surface area contributed by atoms with E-state index in [2.05, 4.69) is 0 Å². The van der Waals surface area contributed by atoms with Gasteiger partial charge in [0, 0.05) is 6.08 Å². The van der Waals surface area contributed by atoms with Gasteiger partial charge in [0.25, 0.3) is 0 Å². The van der Waals surface area contributed by atoms with E-state index in [-0.39, 0.29) is 6.08 Å². The van der Waals surface area contributed by atoms with Crippen molar-refractivity contribution in [2.24, 2.45) is 0 Å². The minimum Gasteiger partial charge on any atom is -0.478 e. The van der Waals surface area contributed by atoms with Gasteiger partial charge in [-0.25, -0.2) is 15.7 Å². The lowest BCUT2D eigenvalue weighted by Gasteiger charge is -1.84. The standard InChI is InChI=1S/C4H3IO6/c6-3(7)1-2(4(8)9)5(10)11/h1H,(H,6,7)(H,8,9). The van der Waals surface area contributed by atoms with Gasteiger partial charge in [0.1, 0.15) is 0 Å². The number of carboxylic acids is 2. The molecule has 0 aliphatic rings. The van der Waals surface area contributed by atoms with Crippen LogP contribution >= 0.6 is 19.8 Å². The van der Waals surface area contributed by atoms with E-state index in [1.54, 1.807) is 0 Å². The highest BCUT2D eigenvalue weighted by molar-refractivity contribution is 14.2. The number of hydrogen-bond acceptors (Lipinski definition) is 4. The molecule has 0 aliphatic carbocycles. The predicted octanol–water partition coefficient (Wildman–Crippen LogP) is 0.237. The topological polar surface area (TPSA) is 109 Å². The zero-order valence-corrected chi connectivity index (χ0v) is 7.14. The van der Waals surface area contributed by atoms with E-state index in [9.17, 15) is 15.7 Å². The quantitative estimate of drug-likeness (QED) is 0.563. The Hall–Kier alpha value is -0.990. The predicted molar refractivity (Wildman–Crippen MR) is 38.7 cm³/mol. The van der Waals surface area contributed by atoms with Crippen molar-refractivity contribution in [3.63, 3.8) is 0 Å². The summed E-state index contributed by atoms with van der Waals surface area (Å²) in [7, 11) is 0. The lowest BCUT2D eigenvalue weighted by Crippen LogP contribution is -1.98. The molecule has 0 aromatic rings. The molecule has 0 amide bonds. The maximum absolute atomic E-state index is 10.1. The van der Waals surface area contributed by atoms with Gasteiger partial charge in [-0.1, -0.05) is 0 Å². The van der Waals surface area contributed by atoms with E-state index in [1.165, 1.54) is 0 Å². The zero-order chi connectivity index (χ0) is 9.02. The van der Waals surface area contributed by atoms with Crippen LogP contribution in [0.1, 0.15) is 0 Å². The van der Waals surface area contributed by atoms with Crippen LogP contribution in [0.3, 0.4) is 0 Å². The van der Waals surface area contributed by atoms with Gasteiger partial charge < -0.3 is 10.2 Å². The van der Waals surface area contributed by atoms with Gasteiger partial charge in [-0.15, -0.1) is 0 Å². The summed E-state index contributed by atoms with van der Waals surface area (Å²) >= 11 is -4.18. The van der Waals surface area contributed by atoms with Gasteiger partial charge in [-0.2, -0.15) is 0 Å². The summed E-state index contributed by atoms with van der Waals surface area (Å²) in [5.41, 5.74) is 0. The Balaban J connectivity index is 4.91. The van der Waals surface area contributed by atoms with Crippen LogP contribution < -0.4 is 0 Å². The lowest BCUT2D eigenvalue weighted by molar-refractivity contribution is -0.134. The van der Waals surface area contributed by atoms with E-state index >= 15 is 0 Å². The second kappa shape index (κ2) is 4.01. The molecule has 62 valence electrons. The second-order valence-electron chi connectivity index (χ2n) is 1.35. The van der Waals surface area contributed by atoms with Gasteiger partial charge in [0.2, 0.25) is 0 Å². The molecule has 0 rings (SSSR count). The Labute approximate surface area is 67.7 Å². The highest BCUT2D eigenvalue weighted by Crippen LogP contribution is 2.19. The van der Waals surface area contributed by atoms with Crippen LogP contribution in [0.25, 0.3) is 0 Å². The number of halogens is 1. The first-order chi connectivity index (χ1) is 4.95. The molecular weight excluding hydrogens is 271 g/mol. The number of rotatable bonds is 3. The molecule has 2 N–H and O–H groups in total. The molecular formula is C4H3IO6. The van der Waals surface area contributed by atoms with Crippen LogP contribution in [-0.2, 0) is 15.7 Å². The van der Waals surface area contributed by atoms with Crippen molar-refractivity contribution in [1.29, 1.82) is 0 Å². The first-order valence-electron chi connectivity index (χ1n) is 2.18. The Bertz CT molecular complexity index is 277. The highest BCUT2D eigenvalue weighted by Gasteiger charge is 2.14. The van der Waals surface area contributed by atoms with Gasteiger partial charge >= 0.3 is 31.7 Å². The molecule has 0 saturated carbocycles. The van der Waals surface area contributed by atoms with Gasteiger partial charge in [-0.3, -0.25) is 0 Å². The molecule has 0 aromatic carbocycles. The third-order valence-electron chi connectivity index (χ3n) is 0.621. The fraction of sp³-hybridized carbons (Fsp3) is 0. The molecule has 0 spiro atoms. The highest BCUT2D eigenvalue weighted by atomic mass is 127. The molecule has 7 heteroatoms. The second-order valence-corrected chi connectivity index (χ2v) is 3.76. The molecule has 0 radical (unpaired) electrons. The van der Waals surface area contributed by atoms with E-state index in [0.29, 0.717) is 0 Å². The fourth-order valence-corrected chi connectivity index (χ4v) is 1.18. The fourth-order valence-electron chi connectivity index (χ4n) is 0.281. The normalized spacial score (nSPS) is 11.5. The zero-order valence-electron chi connectivity index (χ0n) is 4.98. The number of carboxylic acid groups (broad SMARTS) is 2. The van der Waals surface area contributed by atoms with Crippen LogP contribution in [0.4, 0.5) is 0 Å². The first kappa shape index (κ1) is 10.0. The van der Waals surface area contributed by atoms with Crippen molar-refractivity contribution in [3.8, 4) is 0 Å². The van der Waals surface area contributed by atoms with E-state index < -0.39 is 35.3 Å². The molecule has 0 unspecified atom stereocenters. The summed E-state index contributed by atoms with van der Waals surface area (Å²) in [6.45, 7) is 0. The molecule has 6 nitrogen and oxygen atoms in total. The molecule has 0 heterocycles. The minimum atomic E-state index is -4.18. The monoisotopic (exact) mass is 274 g/mol. The molecule has 0 fully saturated rings. The molecule has 0 saturated heterocycles. The Morgan fingerprint density at radius 2 is 1.64 bits per heavy atom. The maximum Gasteiger partial charge on any atom is 0.348 e. The SMILES string of the molecule is O=C(O)C=C(C(=O)O)I(=O)=O. The number of carbonyl (C=O) groups is 2. The van der Waals surface area contributed by atoms with Crippen LogP contribution in [-0.4, -0.2) is 22.2 Å². The molecule has 0 atom stereocenters. The largest absolute Gasteiger partial charge is 0.478 e. The van der Waals surface area contributed by atoms with Crippen LogP contribution in [0.2, 0.25) is 0 Å². The lowest BCUT2D eigenvalue weighted by atomic mass is 10.5. The van der Waals surface area contributed by atoms with Crippen molar-refractivity contribution >= 4 is 31.7 Å². The Kier molecular flexibility index (Phi) is 3.65. The van der Waals surface area contributed by atoms with Crippen LogP contribution in [0.5, 0.6) is 0 Å². The van der Waals surface area contributed by atoms with E-state index in [0.717, 1.165) is 0 Å². The van der Waals surface area contributed by atoms with Crippen molar-refractivity contribution < 1.29 is 25.9 Å². The van der Waals surface area contributed by atoms with Gasteiger partial charge in [0.05, 0.1) is 0 Å². The molecule has 0 aromatic heterocycles. The number of aliphatic carboxylic acids is 2. The Morgan fingerprint density at radius 1 is 1.18 bits per heavy atom.